The van der Waals surface area contributed by atoms with E-state index in [4.69, 9.17) is 0 Å². The minimum Gasteiger partial charge on any atom is -0.385 e. The van der Waals surface area contributed by atoms with Crippen LogP contribution < -0.4 is 5.32 Å². The van der Waals surface area contributed by atoms with Crippen molar-refractivity contribution in [1.82, 2.24) is 10.2 Å². The Labute approximate surface area is 100 Å². The van der Waals surface area contributed by atoms with Gasteiger partial charge in [0.1, 0.15) is 0 Å². The summed E-state index contributed by atoms with van der Waals surface area (Å²) in [5.74, 6) is 2.44. The lowest BCUT2D eigenvalue weighted by molar-refractivity contribution is 0.992. The molecule has 0 saturated heterocycles. The van der Waals surface area contributed by atoms with E-state index in [2.05, 4.69) is 40.6 Å². The number of nitrogens with one attached hydrogen (secondary N) is 2. The van der Waals surface area contributed by atoms with E-state index >= 15 is 0 Å². The summed E-state index contributed by atoms with van der Waals surface area (Å²) in [5.41, 5.74) is 2.26. The van der Waals surface area contributed by atoms with Crippen molar-refractivity contribution in [1.29, 1.82) is 0 Å². The van der Waals surface area contributed by atoms with Gasteiger partial charge in [0, 0.05) is 17.6 Å². The van der Waals surface area contributed by atoms with E-state index < -0.39 is 0 Å². The molecule has 1 aromatic carbocycles. The molecule has 0 bridgehead atoms. The summed E-state index contributed by atoms with van der Waals surface area (Å²) < 4.78 is 0. The largest absolute Gasteiger partial charge is 0.385 e. The van der Waals surface area contributed by atoms with Gasteiger partial charge in [-0.3, -0.25) is 5.10 Å². The predicted octanol–water partition coefficient (Wildman–Crippen LogP) is 3.12. The fraction of sp³-hybridized carbons (Fsp3) is 0.417. The number of hydrogen-bond donors (Lipinski definition) is 2. The van der Waals surface area contributed by atoms with Gasteiger partial charge in [0.25, 0.3) is 0 Å². The number of aromatic nitrogens is 2. The third-order valence-corrected chi connectivity index (χ3v) is 3.43. The first-order valence-corrected chi connectivity index (χ1v) is 6.80. The smallest absolute Gasteiger partial charge is 0.0670 e. The molecule has 0 aliphatic rings. The normalized spacial score (nSPS) is 10.8. The molecule has 0 unspecified atom stereocenters. The Morgan fingerprint density at radius 3 is 3.25 bits per heavy atom. The minimum absolute atomic E-state index is 1.03. The number of hydrogen-bond acceptors (Lipinski definition) is 3. The maximum absolute atomic E-state index is 4.01. The Hall–Kier alpha value is -1.16. The molecule has 0 radical (unpaired) electrons. The molecule has 1 aromatic heterocycles. The monoisotopic (exact) mass is 235 g/mol. The van der Waals surface area contributed by atoms with Crippen LogP contribution in [0.25, 0.3) is 10.9 Å². The van der Waals surface area contributed by atoms with Crippen LogP contribution in [0.1, 0.15) is 13.3 Å². The van der Waals surface area contributed by atoms with Crippen LogP contribution in [-0.4, -0.2) is 28.2 Å². The van der Waals surface area contributed by atoms with Crippen LogP contribution in [0.2, 0.25) is 0 Å². The second-order valence-electron chi connectivity index (χ2n) is 3.65. The molecule has 16 heavy (non-hydrogen) atoms. The van der Waals surface area contributed by atoms with E-state index in [1.807, 2.05) is 18.0 Å². The van der Waals surface area contributed by atoms with Gasteiger partial charge in [0.2, 0.25) is 0 Å². The highest BCUT2D eigenvalue weighted by atomic mass is 32.2. The van der Waals surface area contributed by atoms with Gasteiger partial charge in [0.05, 0.1) is 11.7 Å². The maximum Gasteiger partial charge on any atom is 0.0670 e. The van der Waals surface area contributed by atoms with E-state index in [0.29, 0.717) is 0 Å². The van der Waals surface area contributed by atoms with Crippen molar-refractivity contribution >= 4 is 28.4 Å². The van der Waals surface area contributed by atoms with Gasteiger partial charge in [-0.25, -0.2) is 0 Å². The highest BCUT2D eigenvalue weighted by Crippen LogP contribution is 2.16. The summed E-state index contributed by atoms with van der Waals surface area (Å²) in [7, 11) is 0. The Balaban J connectivity index is 1.84. The van der Waals surface area contributed by atoms with E-state index in [0.717, 1.165) is 17.4 Å². The fourth-order valence-electron chi connectivity index (χ4n) is 1.60. The summed E-state index contributed by atoms with van der Waals surface area (Å²) in [6, 6.07) is 6.29. The molecule has 0 amide bonds. The lowest BCUT2D eigenvalue weighted by Crippen LogP contribution is -2.02. The average Bonchev–Trinajstić information content (AvgIpc) is 2.76. The van der Waals surface area contributed by atoms with Crippen molar-refractivity contribution in [3.63, 3.8) is 0 Å². The summed E-state index contributed by atoms with van der Waals surface area (Å²) >= 11 is 1.99. The van der Waals surface area contributed by atoms with E-state index in [-0.39, 0.29) is 0 Å². The highest BCUT2D eigenvalue weighted by Gasteiger charge is 1.97. The second-order valence-corrected chi connectivity index (χ2v) is 5.04. The topological polar surface area (TPSA) is 40.7 Å². The zero-order valence-corrected chi connectivity index (χ0v) is 10.3. The Bertz CT molecular complexity index is 439. The summed E-state index contributed by atoms with van der Waals surface area (Å²) in [5, 5.41) is 11.6. The van der Waals surface area contributed by atoms with E-state index in [1.165, 1.54) is 23.6 Å². The SMILES string of the molecule is CCSCCCNc1ccc2cn[nH]c2c1. The molecule has 2 N–H and O–H groups in total. The summed E-state index contributed by atoms with van der Waals surface area (Å²) in [4.78, 5) is 0. The first kappa shape index (κ1) is 11.3. The average molecular weight is 235 g/mol. The molecule has 2 aromatic rings. The van der Waals surface area contributed by atoms with Gasteiger partial charge in [-0.15, -0.1) is 0 Å². The van der Waals surface area contributed by atoms with Crippen molar-refractivity contribution in [2.75, 3.05) is 23.4 Å². The van der Waals surface area contributed by atoms with Gasteiger partial charge in [-0.05, 0) is 36.1 Å². The van der Waals surface area contributed by atoms with Crippen molar-refractivity contribution in [3.8, 4) is 0 Å². The number of rotatable bonds is 6. The molecule has 1 heterocycles. The molecule has 0 saturated carbocycles. The Morgan fingerprint density at radius 2 is 2.38 bits per heavy atom. The van der Waals surface area contributed by atoms with Crippen LogP contribution in [0, 0.1) is 0 Å². The first-order valence-electron chi connectivity index (χ1n) is 5.65. The Morgan fingerprint density at radius 1 is 1.44 bits per heavy atom. The van der Waals surface area contributed by atoms with Crippen LogP contribution in [0.5, 0.6) is 0 Å². The van der Waals surface area contributed by atoms with E-state index in [9.17, 15) is 0 Å². The van der Waals surface area contributed by atoms with Crippen molar-refractivity contribution in [2.24, 2.45) is 0 Å². The maximum atomic E-state index is 4.01. The molecule has 0 aliphatic carbocycles. The molecule has 0 aliphatic heterocycles. The quantitative estimate of drug-likeness (QED) is 0.756. The lowest BCUT2D eigenvalue weighted by atomic mass is 10.2. The third kappa shape index (κ3) is 2.92. The molecule has 4 heteroatoms. The van der Waals surface area contributed by atoms with Crippen LogP contribution >= 0.6 is 11.8 Å². The summed E-state index contributed by atoms with van der Waals surface area (Å²) in [6.45, 7) is 3.23. The number of thioether (sulfide) groups is 1. The second kappa shape index (κ2) is 5.80. The summed E-state index contributed by atoms with van der Waals surface area (Å²) in [6.07, 6.45) is 3.05. The zero-order valence-electron chi connectivity index (χ0n) is 9.49. The van der Waals surface area contributed by atoms with Gasteiger partial charge in [0.15, 0.2) is 0 Å². The standard InChI is InChI=1S/C12H17N3S/c1-2-16-7-3-6-13-11-5-4-10-9-14-15-12(10)8-11/h4-5,8-9,13H,2-3,6-7H2,1H3,(H,14,15). The number of H-pyrrole nitrogens is 1. The van der Waals surface area contributed by atoms with Crippen molar-refractivity contribution in [3.05, 3.63) is 24.4 Å². The molecular formula is C12H17N3S. The van der Waals surface area contributed by atoms with Crippen LogP contribution in [0.3, 0.4) is 0 Å². The predicted molar refractivity (Wildman–Crippen MR) is 72.2 cm³/mol. The van der Waals surface area contributed by atoms with Gasteiger partial charge < -0.3 is 5.32 Å². The van der Waals surface area contributed by atoms with E-state index in [1.54, 1.807) is 0 Å². The molecule has 0 fully saturated rings. The van der Waals surface area contributed by atoms with Crippen molar-refractivity contribution < 1.29 is 0 Å². The third-order valence-electron chi connectivity index (χ3n) is 2.44. The number of nitrogens with zero attached hydrogens (tertiary/aromatic N) is 1. The Kier molecular flexibility index (Phi) is 4.10. The van der Waals surface area contributed by atoms with Gasteiger partial charge in [-0.1, -0.05) is 6.92 Å². The zero-order chi connectivity index (χ0) is 11.2. The molecule has 2 rings (SSSR count). The highest BCUT2D eigenvalue weighted by molar-refractivity contribution is 7.99. The van der Waals surface area contributed by atoms with Crippen LogP contribution in [-0.2, 0) is 0 Å². The minimum atomic E-state index is 1.03. The first-order chi connectivity index (χ1) is 7.90. The van der Waals surface area contributed by atoms with Crippen LogP contribution in [0.15, 0.2) is 24.4 Å². The number of benzene rings is 1. The molecular weight excluding hydrogens is 218 g/mol. The lowest BCUT2D eigenvalue weighted by Gasteiger charge is -2.05. The number of aromatic amines is 1. The van der Waals surface area contributed by atoms with Crippen molar-refractivity contribution in [2.45, 2.75) is 13.3 Å². The molecule has 3 nitrogen and oxygen atoms in total. The molecule has 0 spiro atoms. The van der Waals surface area contributed by atoms with Gasteiger partial charge in [-0.2, -0.15) is 16.9 Å². The van der Waals surface area contributed by atoms with Gasteiger partial charge >= 0.3 is 0 Å². The van der Waals surface area contributed by atoms with Crippen LogP contribution in [0.4, 0.5) is 5.69 Å². The molecule has 0 atom stereocenters. The number of fused-ring (bicyclic) bond motifs is 1. The molecule has 86 valence electrons. The number of anilines is 1. The fourth-order valence-corrected chi connectivity index (χ4v) is 2.24.